The summed E-state index contributed by atoms with van der Waals surface area (Å²) < 4.78 is 14.5. The molecule has 40 heavy (non-hydrogen) atoms. The molecule has 1 saturated heterocycles. The van der Waals surface area contributed by atoms with Crippen LogP contribution in [0.25, 0.3) is 0 Å². The minimum absolute atomic E-state index is 0.0210. The fourth-order valence-electron chi connectivity index (χ4n) is 6.30. The van der Waals surface area contributed by atoms with Crippen LogP contribution in [0.2, 0.25) is 0 Å². The van der Waals surface area contributed by atoms with Crippen LogP contribution in [-0.2, 0) is 9.59 Å². The lowest BCUT2D eigenvalue weighted by molar-refractivity contribution is -0.919. The van der Waals surface area contributed by atoms with Crippen molar-refractivity contribution in [3.05, 3.63) is 58.4 Å². The van der Waals surface area contributed by atoms with Crippen molar-refractivity contribution in [2.24, 2.45) is 0 Å². The van der Waals surface area contributed by atoms with Crippen LogP contribution < -0.4 is 10.6 Å². The number of piperidine rings is 1. The summed E-state index contributed by atoms with van der Waals surface area (Å²) in [6.45, 7) is 17.1. The lowest BCUT2D eigenvalue weighted by atomic mass is 10.00. The number of carbonyl (C=O) groups excluding carboxylic acids is 2. The number of halogens is 1. The van der Waals surface area contributed by atoms with E-state index in [1.165, 1.54) is 12.1 Å². The van der Waals surface area contributed by atoms with Crippen LogP contribution in [0.4, 0.5) is 15.8 Å². The number of aryl methyl sites for hydroxylation is 4. The van der Waals surface area contributed by atoms with E-state index < -0.39 is 0 Å². The predicted octanol–water partition coefficient (Wildman–Crippen LogP) is 6.52. The Kier molecular flexibility index (Phi) is 11.7. The molecule has 6 nitrogen and oxygen atoms in total. The van der Waals surface area contributed by atoms with Crippen LogP contribution in [0.3, 0.4) is 0 Å². The number of carbonyl (C=O) groups is 2. The van der Waals surface area contributed by atoms with Crippen LogP contribution in [0.5, 0.6) is 0 Å². The monoisotopic (exact) mass is 553 g/mol. The first-order valence-corrected chi connectivity index (χ1v) is 15.1. The number of nitrogens with zero attached hydrogens (tertiary/aromatic N) is 2. The maximum Gasteiger partial charge on any atom is 0.279 e. The number of likely N-dealkylation sites (tertiary alicyclic amines) is 1. The molecule has 2 atom stereocenters. The zero-order valence-corrected chi connectivity index (χ0v) is 25.5. The number of benzene rings is 2. The molecule has 220 valence electrons. The molecule has 0 radical (unpaired) electrons. The molecule has 0 saturated carbocycles. The number of unbranched alkanes of at least 4 members (excludes halogenated alkanes) is 1. The third kappa shape index (κ3) is 8.37. The topological polar surface area (TPSA) is 61.4 Å². The Morgan fingerprint density at radius 3 is 2.20 bits per heavy atom. The fraction of sp³-hybridized carbons (Fsp3) is 0.576. The molecule has 1 aliphatic heterocycles. The van der Waals surface area contributed by atoms with E-state index in [0.717, 1.165) is 104 Å². The van der Waals surface area contributed by atoms with Crippen molar-refractivity contribution < 1.29 is 18.5 Å². The average Bonchev–Trinajstić information content (AvgIpc) is 2.91. The van der Waals surface area contributed by atoms with Gasteiger partial charge in [0, 0.05) is 11.4 Å². The summed E-state index contributed by atoms with van der Waals surface area (Å²) in [7, 11) is 0. The molecule has 2 unspecified atom stereocenters. The summed E-state index contributed by atoms with van der Waals surface area (Å²) in [5.74, 6) is -0.200. The minimum atomic E-state index is -0.281. The summed E-state index contributed by atoms with van der Waals surface area (Å²) in [6, 6.07) is 8.94. The van der Waals surface area contributed by atoms with E-state index in [2.05, 4.69) is 29.4 Å². The first kappa shape index (κ1) is 31.8. The summed E-state index contributed by atoms with van der Waals surface area (Å²) in [6.07, 6.45) is 6.09. The highest BCUT2D eigenvalue weighted by Crippen LogP contribution is 2.25. The molecular weight excluding hydrogens is 503 g/mol. The Labute approximate surface area is 240 Å². The highest BCUT2D eigenvalue weighted by Gasteiger charge is 2.31. The van der Waals surface area contributed by atoms with Crippen molar-refractivity contribution in [1.82, 2.24) is 4.90 Å². The quantitative estimate of drug-likeness (QED) is 0.219. The Morgan fingerprint density at radius 2 is 1.57 bits per heavy atom. The smallest absolute Gasteiger partial charge is 0.279 e. The van der Waals surface area contributed by atoms with Gasteiger partial charge in [0.2, 0.25) is 5.91 Å². The number of rotatable bonds is 13. The van der Waals surface area contributed by atoms with Gasteiger partial charge in [0.1, 0.15) is 5.82 Å². The standard InChI is InChI=1S/C33H49FN4O2/c1-7-19-38(8-2,23-30(39)35-32-26(5)21-28(34)22-27(32)6)20-12-11-18-37-17-10-9-16-29(37)33(40)36-31-24(3)14-13-15-25(31)4/h13-15,21-22,29H,7-12,16-20,23H2,1-6H3,(H-,35,36,39,40)/p+1. The molecule has 1 aliphatic rings. The molecule has 1 fully saturated rings. The summed E-state index contributed by atoms with van der Waals surface area (Å²) in [5, 5.41) is 6.29. The van der Waals surface area contributed by atoms with Gasteiger partial charge in [-0.25, -0.2) is 4.39 Å². The largest absolute Gasteiger partial charge is 0.324 e. The Hall–Kier alpha value is -2.77. The van der Waals surface area contributed by atoms with E-state index in [9.17, 15) is 14.0 Å². The van der Waals surface area contributed by atoms with Crippen molar-refractivity contribution in [3.63, 3.8) is 0 Å². The third-order valence-corrected chi connectivity index (χ3v) is 8.58. The molecule has 1 heterocycles. The van der Waals surface area contributed by atoms with Crippen LogP contribution in [0.1, 0.15) is 74.6 Å². The van der Waals surface area contributed by atoms with E-state index >= 15 is 0 Å². The normalized spacial score (nSPS) is 17.3. The number of nitrogens with one attached hydrogen (secondary N) is 2. The SMILES string of the molecule is CCC[N+](CC)(CCCCN1CCCCC1C(=O)Nc1c(C)cccc1C)CC(=O)Nc1c(C)cc(F)cc1C. The highest BCUT2D eigenvalue weighted by atomic mass is 19.1. The molecular formula is C33H50FN4O2+. The number of amides is 2. The minimum Gasteiger partial charge on any atom is -0.324 e. The number of likely N-dealkylation sites (N-methyl/N-ethyl adjacent to an activating group) is 1. The van der Waals surface area contributed by atoms with E-state index in [4.69, 9.17) is 0 Å². The summed E-state index contributed by atoms with van der Waals surface area (Å²) >= 11 is 0. The Morgan fingerprint density at radius 1 is 0.925 bits per heavy atom. The first-order valence-electron chi connectivity index (χ1n) is 15.1. The van der Waals surface area contributed by atoms with Gasteiger partial charge in [-0.15, -0.1) is 0 Å². The van der Waals surface area contributed by atoms with Gasteiger partial charge in [-0.2, -0.15) is 0 Å². The van der Waals surface area contributed by atoms with E-state index in [0.29, 0.717) is 12.2 Å². The number of hydrogen-bond acceptors (Lipinski definition) is 3. The van der Waals surface area contributed by atoms with Crippen molar-refractivity contribution >= 4 is 23.2 Å². The number of anilines is 2. The molecule has 2 aromatic carbocycles. The van der Waals surface area contributed by atoms with Crippen molar-refractivity contribution in [2.45, 2.75) is 86.1 Å². The van der Waals surface area contributed by atoms with Gasteiger partial charge in [0.25, 0.3) is 5.91 Å². The molecule has 0 aliphatic carbocycles. The fourth-order valence-corrected chi connectivity index (χ4v) is 6.30. The van der Waals surface area contributed by atoms with E-state index in [1.54, 1.807) is 0 Å². The maximum atomic E-state index is 13.7. The van der Waals surface area contributed by atoms with Crippen molar-refractivity contribution in [3.8, 4) is 0 Å². The second kappa shape index (κ2) is 14.7. The van der Waals surface area contributed by atoms with Crippen LogP contribution in [0, 0.1) is 33.5 Å². The molecule has 0 spiro atoms. The third-order valence-electron chi connectivity index (χ3n) is 8.58. The van der Waals surface area contributed by atoms with Gasteiger partial charge in [0.05, 0.1) is 25.7 Å². The van der Waals surface area contributed by atoms with Crippen LogP contribution in [-0.4, -0.2) is 66.5 Å². The van der Waals surface area contributed by atoms with E-state index in [1.807, 2.05) is 45.9 Å². The Balaban J connectivity index is 1.58. The zero-order valence-electron chi connectivity index (χ0n) is 25.5. The van der Waals surface area contributed by atoms with Gasteiger partial charge in [-0.05, 0) is 114 Å². The van der Waals surface area contributed by atoms with E-state index in [-0.39, 0.29) is 23.7 Å². The molecule has 0 aromatic heterocycles. The van der Waals surface area contributed by atoms with Crippen LogP contribution >= 0.6 is 0 Å². The summed E-state index contributed by atoms with van der Waals surface area (Å²) in [4.78, 5) is 28.9. The summed E-state index contributed by atoms with van der Waals surface area (Å²) in [5.41, 5.74) is 5.32. The number of hydrogen-bond donors (Lipinski definition) is 2. The zero-order chi connectivity index (χ0) is 29.3. The van der Waals surface area contributed by atoms with Gasteiger partial charge in [-0.3, -0.25) is 14.5 Å². The van der Waals surface area contributed by atoms with Crippen molar-refractivity contribution in [1.29, 1.82) is 0 Å². The first-order chi connectivity index (χ1) is 19.1. The van der Waals surface area contributed by atoms with Gasteiger partial charge < -0.3 is 15.1 Å². The molecule has 2 amide bonds. The molecule has 3 rings (SSSR count). The second-order valence-corrected chi connectivity index (χ2v) is 11.7. The van der Waals surface area contributed by atoms with Gasteiger partial charge in [-0.1, -0.05) is 31.5 Å². The maximum absolute atomic E-state index is 13.7. The lowest BCUT2D eigenvalue weighted by Gasteiger charge is -2.38. The number of para-hydroxylation sites is 1. The van der Waals surface area contributed by atoms with Crippen LogP contribution in [0.15, 0.2) is 30.3 Å². The predicted molar refractivity (Wildman–Crippen MR) is 163 cm³/mol. The average molecular weight is 554 g/mol. The lowest BCUT2D eigenvalue weighted by Crippen LogP contribution is -2.53. The molecule has 7 heteroatoms. The van der Waals surface area contributed by atoms with Gasteiger partial charge >= 0.3 is 0 Å². The number of quaternary nitrogens is 1. The molecule has 2 aromatic rings. The Bertz CT molecular complexity index is 1120. The molecule has 2 N–H and O–H groups in total. The van der Waals surface area contributed by atoms with Crippen molar-refractivity contribution in [2.75, 3.05) is 49.9 Å². The highest BCUT2D eigenvalue weighted by molar-refractivity contribution is 5.96. The molecule has 0 bridgehead atoms. The second-order valence-electron chi connectivity index (χ2n) is 11.7. The van der Waals surface area contributed by atoms with Gasteiger partial charge in [0.15, 0.2) is 6.54 Å².